The van der Waals surface area contributed by atoms with E-state index in [0.29, 0.717) is 11.7 Å². The molecule has 1 aliphatic carbocycles. The van der Waals surface area contributed by atoms with Crippen LogP contribution in [-0.2, 0) is 4.74 Å². The molecule has 64 valence electrons. The van der Waals surface area contributed by atoms with Crippen LogP contribution in [0.2, 0.25) is 0 Å². The van der Waals surface area contributed by atoms with Crippen LogP contribution in [-0.4, -0.2) is 11.7 Å². The van der Waals surface area contributed by atoms with Crippen molar-refractivity contribution in [1.29, 1.82) is 0 Å². The van der Waals surface area contributed by atoms with Crippen LogP contribution in [0.1, 0.15) is 40.0 Å². The van der Waals surface area contributed by atoms with Crippen molar-refractivity contribution in [3.05, 3.63) is 0 Å². The fraction of sp³-hybridized carbons (Fsp3) is 1.00. The van der Waals surface area contributed by atoms with E-state index in [1.165, 1.54) is 19.3 Å². The van der Waals surface area contributed by atoms with Crippen molar-refractivity contribution in [2.45, 2.75) is 51.7 Å². The van der Waals surface area contributed by atoms with Gasteiger partial charge in [0.1, 0.15) is 0 Å². The van der Waals surface area contributed by atoms with Crippen molar-refractivity contribution in [1.82, 2.24) is 0 Å². The molecule has 3 atom stereocenters. The van der Waals surface area contributed by atoms with Crippen LogP contribution in [0.15, 0.2) is 0 Å². The maximum Gasteiger partial charge on any atom is 0.0920 e. The van der Waals surface area contributed by atoms with Gasteiger partial charge in [-0.3, -0.25) is 0 Å². The maximum atomic E-state index is 5.65. The van der Waals surface area contributed by atoms with E-state index < -0.39 is 0 Å². The number of hydrogen-bond donors (Lipinski definition) is 0. The molecule has 0 radical (unpaired) electrons. The van der Waals surface area contributed by atoms with Gasteiger partial charge < -0.3 is 4.74 Å². The molecule has 1 saturated carbocycles. The standard InChI is InChI=1S/C10H18O/c1-7(2)8-4-5-10(3)9(6-8)11-10/h7-9H,4-6H2,1-3H3/t8-,9+,10+/m1/s1. The molecule has 2 fully saturated rings. The first-order valence-corrected chi connectivity index (χ1v) is 4.79. The molecule has 2 aliphatic rings. The zero-order valence-electron chi connectivity index (χ0n) is 7.76. The lowest BCUT2D eigenvalue weighted by Gasteiger charge is -2.25. The molecule has 0 aromatic carbocycles. The highest BCUT2D eigenvalue weighted by Crippen LogP contribution is 2.50. The van der Waals surface area contributed by atoms with Gasteiger partial charge >= 0.3 is 0 Å². The third-order valence-corrected chi connectivity index (χ3v) is 3.51. The predicted molar refractivity (Wildman–Crippen MR) is 45.5 cm³/mol. The minimum absolute atomic E-state index is 0.311. The molecule has 0 amide bonds. The fourth-order valence-corrected chi connectivity index (χ4v) is 2.28. The molecule has 2 rings (SSSR count). The molecular weight excluding hydrogens is 136 g/mol. The zero-order chi connectivity index (χ0) is 8.06. The molecule has 1 heteroatoms. The van der Waals surface area contributed by atoms with E-state index in [4.69, 9.17) is 4.74 Å². The maximum absolute atomic E-state index is 5.65. The van der Waals surface area contributed by atoms with Gasteiger partial charge in [-0.25, -0.2) is 0 Å². The van der Waals surface area contributed by atoms with E-state index in [1.54, 1.807) is 0 Å². The van der Waals surface area contributed by atoms with Gasteiger partial charge in [0.15, 0.2) is 0 Å². The second-order valence-electron chi connectivity index (χ2n) is 4.70. The summed E-state index contributed by atoms with van der Waals surface area (Å²) in [5.41, 5.74) is 0.311. The quantitative estimate of drug-likeness (QED) is 0.529. The highest BCUT2D eigenvalue weighted by molar-refractivity contribution is 5.03. The summed E-state index contributed by atoms with van der Waals surface area (Å²) in [7, 11) is 0. The van der Waals surface area contributed by atoms with Crippen LogP contribution in [0.4, 0.5) is 0 Å². The topological polar surface area (TPSA) is 12.5 Å². The molecule has 1 aliphatic heterocycles. The summed E-state index contributed by atoms with van der Waals surface area (Å²) in [6.45, 7) is 6.92. The first-order chi connectivity index (χ1) is 5.12. The molecular formula is C10H18O. The first kappa shape index (κ1) is 7.60. The molecule has 11 heavy (non-hydrogen) atoms. The Morgan fingerprint density at radius 3 is 2.73 bits per heavy atom. The Morgan fingerprint density at radius 2 is 2.18 bits per heavy atom. The molecule has 0 aromatic rings. The first-order valence-electron chi connectivity index (χ1n) is 4.79. The van der Waals surface area contributed by atoms with Gasteiger partial charge in [-0.2, -0.15) is 0 Å². The lowest BCUT2D eigenvalue weighted by atomic mass is 9.78. The van der Waals surface area contributed by atoms with E-state index in [2.05, 4.69) is 20.8 Å². The highest BCUT2D eigenvalue weighted by Gasteiger charge is 2.55. The van der Waals surface area contributed by atoms with Gasteiger partial charge in [-0.15, -0.1) is 0 Å². The number of ether oxygens (including phenoxy) is 1. The molecule has 0 unspecified atom stereocenters. The summed E-state index contributed by atoms with van der Waals surface area (Å²) < 4.78 is 5.65. The Balaban J connectivity index is 1.93. The minimum atomic E-state index is 0.311. The lowest BCUT2D eigenvalue weighted by Crippen LogP contribution is -2.24. The third-order valence-electron chi connectivity index (χ3n) is 3.51. The van der Waals surface area contributed by atoms with Crippen LogP contribution in [0.25, 0.3) is 0 Å². The Kier molecular flexibility index (Phi) is 1.54. The summed E-state index contributed by atoms with van der Waals surface area (Å²) in [6, 6.07) is 0. The van der Waals surface area contributed by atoms with Crippen molar-refractivity contribution < 1.29 is 4.74 Å². The van der Waals surface area contributed by atoms with Crippen LogP contribution >= 0.6 is 0 Å². The van der Waals surface area contributed by atoms with Gasteiger partial charge in [-0.1, -0.05) is 13.8 Å². The van der Waals surface area contributed by atoms with E-state index in [0.717, 1.165) is 11.8 Å². The molecule has 0 aromatic heterocycles. The summed E-state index contributed by atoms with van der Waals surface area (Å²) in [5.74, 6) is 1.78. The van der Waals surface area contributed by atoms with Crippen molar-refractivity contribution in [3.8, 4) is 0 Å². The number of epoxide rings is 1. The number of rotatable bonds is 1. The van der Waals surface area contributed by atoms with E-state index >= 15 is 0 Å². The van der Waals surface area contributed by atoms with E-state index in [-0.39, 0.29) is 0 Å². The molecule has 1 saturated heterocycles. The minimum Gasteiger partial charge on any atom is -0.366 e. The van der Waals surface area contributed by atoms with Crippen LogP contribution < -0.4 is 0 Å². The number of hydrogen-bond acceptors (Lipinski definition) is 1. The molecule has 1 heterocycles. The van der Waals surface area contributed by atoms with Crippen molar-refractivity contribution in [3.63, 3.8) is 0 Å². The van der Waals surface area contributed by atoms with Crippen molar-refractivity contribution in [2.24, 2.45) is 11.8 Å². The summed E-state index contributed by atoms with van der Waals surface area (Å²) in [4.78, 5) is 0. The van der Waals surface area contributed by atoms with Crippen LogP contribution in [0.3, 0.4) is 0 Å². The monoisotopic (exact) mass is 154 g/mol. The molecule has 0 spiro atoms. The molecule has 0 N–H and O–H groups in total. The SMILES string of the molecule is CC(C)[C@@H]1CC[C@]2(C)O[C@H]2C1. The zero-order valence-corrected chi connectivity index (χ0v) is 7.76. The average molecular weight is 154 g/mol. The predicted octanol–water partition coefficient (Wildman–Crippen LogP) is 2.60. The lowest BCUT2D eigenvalue weighted by molar-refractivity contribution is 0.275. The second-order valence-corrected chi connectivity index (χ2v) is 4.70. The highest BCUT2D eigenvalue weighted by atomic mass is 16.6. The third kappa shape index (κ3) is 1.20. The van der Waals surface area contributed by atoms with Crippen molar-refractivity contribution >= 4 is 0 Å². The summed E-state index contributed by atoms with van der Waals surface area (Å²) in [6.07, 6.45) is 4.60. The van der Waals surface area contributed by atoms with Gasteiger partial charge in [0.2, 0.25) is 0 Å². The van der Waals surface area contributed by atoms with Gasteiger partial charge in [0, 0.05) is 0 Å². The van der Waals surface area contributed by atoms with Crippen LogP contribution in [0.5, 0.6) is 0 Å². The molecule has 1 nitrogen and oxygen atoms in total. The smallest absolute Gasteiger partial charge is 0.0920 e. The fourth-order valence-electron chi connectivity index (χ4n) is 2.28. The van der Waals surface area contributed by atoms with Crippen LogP contribution in [0, 0.1) is 11.8 Å². The second kappa shape index (κ2) is 2.22. The Bertz CT molecular complexity index is 164. The van der Waals surface area contributed by atoms with Crippen molar-refractivity contribution in [2.75, 3.05) is 0 Å². The van der Waals surface area contributed by atoms with Gasteiger partial charge in [0.05, 0.1) is 11.7 Å². The Labute approximate surface area is 69.1 Å². The normalized spacial score (nSPS) is 49.1. The van der Waals surface area contributed by atoms with E-state index in [1.807, 2.05) is 0 Å². The van der Waals surface area contributed by atoms with Gasteiger partial charge in [-0.05, 0) is 38.0 Å². The van der Waals surface area contributed by atoms with E-state index in [9.17, 15) is 0 Å². The summed E-state index contributed by atoms with van der Waals surface area (Å²) in [5, 5.41) is 0. The van der Waals surface area contributed by atoms with Gasteiger partial charge in [0.25, 0.3) is 0 Å². The average Bonchev–Trinajstić information content (AvgIpc) is 2.58. The molecule has 0 bridgehead atoms. The summed E-state index contributed by atoms with van der Waals surface area (Å²) >= 11 is 0. The number of fused-ring (bicyclic) bond motifs is 1. The Hall–Kier alpha value is -0.0400. The Morgan fingerprint density at radius 1 is 1.45 bits per heavy atom. The largest absolute Gasteiger partial charge is 0.366 e.